The predicted molar refractivity (Wildman–Crippen MR) is 336 cm³/mol. The fourth-order valence-corrected chi connectivity index (χ4v) is 4.97. The molecule has 0 aliphatic heterocycles. The maximum Gasteiger partial charge on any atom is 0.487 e. The highest BCUT2D eigenvalue weighted by Crippen LogP contribution is 2.57. The highest BCUT2D eigenvalue weighted by molar-refractivity contribution is 5.40. The molecule has 27 heavy (non-hydrogen) atoms. The molecule has 362 valence electrons. The summed E-state index contributed by atoms with van der Waals surface area (Å²) in [5.41, 5.74) is 0.887. The molecule has 1 saturated carbocycles. The second kappa shape index (κ2) is 7.75. The van der Waals surface area contributed by atoms with Gasteiger partial charge in [0.25, 0.3) is 1.43 Å². The smallest absolute Gasteiger partial charge is 0.487 e. The predicted octanol–water partition coefficient (Wildman–Crippen LogP) is 30.4. The molecule has 1 fully saturated rings. The molecule has 0 amide bonds. The molecule has 0 bridgehead atoms. The highest BCUT2D eigenvalue weighted by atomic mass is 16.3. The van der Waals surface area contributed by atoms with Gasteiger partial charge in [-0.25, -0.2) is 0 Å². The van der Waals surface area contributed by atoms with Gasteiger partial charge in [-0.05, 0) is 75.4 Å². The Morgan fingerprint density at radius 2 is 2.15 bits per heavy atom. The van der Waals surface area contributed by atoms with E-state index in [-0.39, 0.29) is 160 Å². The van der Waals surface area contributed by atoms with Gasteiger partial charge in [-0.3, -0.25) is 0 Å². The Hall–Kier alpha value is -1.06. The molecule has 3 nitrogen and oxygen atoms in total. The van der Waals surface area contributed by atoms with Crippen molar-refractivity contribution in [2.45, 2.75) is 78.7 Å². The monoisotopic (exact) mass is 589 g/mol. The lowest BCUT2D eigenvalue weighted by molar-refractivity contribution is -0.161. The largest absolute Gasteiger partial charge is 0.508 e. The lowest BCUT2D eigenvalue weighted by atomic mass is 9.49. The van der Waals surface area contributed by atoms with E-state index in [0.29, 0.717) is 11.7 Å². The Labute approximate surface area is 325 Å². The highest BCUT2D eigenvalue weighted by Gasteiger charge is 2.62. The average molecular weight is 589 g/mol. The molecule has 3 N–H and O–H groups in total. The van der Waals surface area contributed by atoms with Crippen LogP contribution in [-0.2, 0) is 5.41 Å². The van der Waals surface area contributed by atoms with Gasteiger partial charge in [-0.1, -0.05) is 46.8 Å². The molecule has 1 aliphatic rings. The number of aryl methyl sites for hydroxylation is 1. The third-order valence-corrected chi connectivity index (χ3v) is 8.31. The van der Waals surface area contributed by atoms with E-state index in [1.807, 2.05) is 24.2 Å². The third-order valence-electron chi connectivity index (χ3n) is 8.31. The summed E-state index contributed by atoms with van der Waals surface area (Å²) >= 11 is 0. The summed E-state index contributed by atoms with van der Waals surface area (Å²) < 4.78 is 24.5. The molecule has 2 rings (SSSR count). The summed E-state index contributed by atoms with van der Waals surface area (Å²) in [7, 11) is 2.12. The van der Waals surface area contributed by atoms with E-state index in [1.165, 1.54) is 0 Å². The Morgan fingerprint density at radius 1 is 1.44 bits per heavy atom. The molecule has 1 aromatic rings. The van der Waals surface area contributed by atoms with Crippen molar-refractivity contribution in [1.82, 2.24) is 4.90 Å². The number of benzene rings is 1. The zero-order valence-electron chi connectivity index (χ0n) is 21.7. The molecule has 0 saturated heterocycles. The van der Waals surface area contributed by atoms with Gasteiger partial charge in [-0.2, -0.15) is 0 Å². The molecule has 0 aromatic heterocycles. The van der Waals surface area contributed by atoms with Crippen molar-refractivity contribution >= 4 is 0 Å². The van der Waals surface area contributed by atoms with Crippen LogP contribution in [0.25, 0.3) is 0 Å². The molecule has 0 heterocycles. The van der Waals surface area contributed by atoms with E-state index < -0.39 is 11.0 Å². The fraction of sp³-hybridized carbons (Fsp3) is 0.750. The van der Waals surface area contributed by atoms with E-state index in [1.54, 1.807) is 0 Å². The summed E-state index contributed by atoms with van der Waals surface area (Å²) in [5, 5.41) is 6.79. The first-order chi connectivity index (χ1) is 13.9. The van der Waals surface area contributed by atoms with Crippen LogP contribution in [0.5, 0.6) is 5.75 Å². The first-order valence-electron chi connectivity index (χ1n) is 11.8. The number of hydrogen-bond donors (Lipinski definition) is 1. The number of phenols is 1. The Balaban J connectivity index is -0.000000000915. The number of phenolic OH excluding ortho intramolecular Hbond substituents is 1. The molecule has 0 radical (unpaired) electrons. The molecular weight excluding hydrogens is 334 g/mol. The topological polar surface area (TPSA) is 46.4 Å². The molecule has 1 aliphatic carbocycles. The lowest BCUT2D eigenvalue weighted by Crippen LogP contribution is -2.62. The normalized spacial score (nSPS) is 31.9. The lowest BCUT2D eigenvalue weighted by Gasteiger charge is -2.55. The Kier molecular flexibility index (Phi) is 5.17. The molecule has 0 spiro atoms. The van der Waals surface area contributed by atoms with Crippen molar-refractivity contribution in [2.24, 2.45) is 17.3 Å². The average Bonchev–Trinajstić information content (AvgIpc) is 2.70. The van der Waals surface area contributed by atoms with Gasteiger partial charge in [0.2, 0.25) is 0 Å². The van der Waals surface area contributed by atoms with Crippen LogP contribution in [-0.4, -0.2) is 45.2 Å². The Bertz CT molecular complexity index is 809. The number of rotatable bonds is 8. The van der Waals surface area contributed by atoms with E-state index >= 15 is 0 Å². The summed E-state index contributed by atoms with van der Waals surface area (Å²) in [5.74, 6) is 1.20. The van der Waals surface area contributed by atoms with Crippen LogP contribution in [0, 0.1) is 24.2 Å². The van der Waals surface area contributed by atoms with E-state index in [0.717, 1.165) is 43.5 Å². The second-order valence-corrected chi connectivity index (χ2v) is 9.83. The first-order valence-corrected chi connectivity index (χ1v) is 10.6. The summed E-state index contributed by atoms with van der Waals surface area (Å²) in [6.45, 7) is 17.3. The second-order valence-electron chi connectivity index (χ2n) is 9.83. The van der Waals surface area contributed by atoms with E-state index in [4.69, 9.17) is 9.40 Å². The maximum absolute atomic E-state index is 8.61. The van der Waals surface area contributed by atoms with E-state index in [9.17, 15) is 0 Å². The van der Waals surface area contributed by atoms with Crippen LogP contribution in [0.1, 0.15) is 220 Å². The minimum atomic E-state index is -0.701. The summed E-state index contributed by atoms with van der Waals surface area (Å²) in [6.07, 6.45) is 2.62. The van der Waals surface area contributed by atoms with Crippen molar-refractivity contribution in [3.8, 4) is 5.75 Å². The Morgan fingerprint density at radius 3 is 2.70 bits per heavy atom. The van der Waals surface area contributed by atoms with Gasteiger partial charge >= 0.3 is 2.86 Å². The van der Waals surface area contributed by atoms with Crippen molar-refractivity contribution in [2.75, 3.05) is 20.1 Å². The molecule has 4 unspecified atom stereocenters. The van der Waals surface area contributed by atoms with Gasteiger partial charge in [-0.15, -0.1) is 0 Å². The molecule has 4 atom stereocenters. The van der Waals surface area contributed by atoms with Crippen LogP contribution in [0.15, 0.2) is 18.2 Å². The van der Waals surface area contributed by atoms with Gasteiger partial charge in [0.15, 0.2) is 5.60 Å². The standard InChI is InChI=1S/C24H41NO2.104H2/c1-9-25(8)15-14-23(7,20-10-11-21(26)17(2)16-20)24(27)13-12-18(3)22(5,6)19(24)4;;;;;;;;;;;;;;;;;;;;;;;;;;;;;;;;;;;;;;;;;;;;;;;;;;;;;;;;;;;;;;;;;;;;;;;;;;;;;;;;;;;;;;;;;;;;;;;;;;;;;;;;/h10-11,16,18-19,26-27H,9,12-15H2,1-8H3;104*1H/p+1/i27D;;;;;;;;;;;;;;;;;;;;;;;;;;;;;;;;;;;;;;;;;;;;;;;;;;;;;;;;;;;;;;;;;;;;;;;;;;;;;;;;;;;;;;;;;;;;;;;;;;;;;;;;/hD2. The fourth-order valence-electron chi connectivity index (χ4n) is 4.97. The van der Waals surface area contributed by atoms with Crippen LogP contribution >= 0.6 is 0 Å². The molecule has 3 heteroatoms. The minimum absolute atomic E-state index is 0. The quantitative estimate of drug-likeness (QED) is 0.307. The van der Waals surface area contributed by atoms with Crippen molar-refractivity contribution in [3.63, 3.8) is 0 Å². The number of hydrogen-bond acceptors (Lipinski definition) is 2. The summed E-state index contributed by atoms with van der Waals surface area (Å²) in [6, 6.07) is 5.99. The SMILES string of the molecule is [2H]Oc1ccc(C(C)(CCN(C)CC)C2([O+]([2H])[2H])CCC(C)C(C)(C)C2C)cc1C.[HH].[HH].[HH].[HH].[HH].[HH].[HH].[HH].[HH].[HH].[HH].[HH].[HH].[HH].[HH].[HH].[HH].[HH].[HH].[HH].[HH].[HH].[HH].[HH].[HH].[HH].[HH].[HH].[HH].[HH].[HH].[HH].[HH].[HH].[HH].[HH].[HH].[HH].[HH].[HH].[HH].[HH].[HH].[HH].[HH].[HH].[HH].[HH].[HH].[HH].[HH].[HH].[HH].[HH].[HH].[HH].[HH].[HH].[HH].[HH].[HH].[HH].[HH].[HH].[HH].[HH].[HH].[HH].[HH].[HH].[HH].[HH].[HH].[HH].[HH].[HH].[HH].[HH].[HH].[HH].[HH].[HH].[HH].[HH].[HH].[HH].[HH].[HH].[HH].[HH].[HH].[HH].[HH].[HH].[HH].[HH].[HH].[HH].[HH].[HH].[HH].[HH].[HH].[HH]. The van der Waals surface area contributed by atoms with Gasteiger partial charge in [0.05, 0.1) is 5.41 Å². The van der Waals surface area contributed by atoms with Gasteiger partial charge < -0.3 is 15.1 Å². The van der Waals surface area contributed by atoms with Crippen LogP contribution in [0.4, 0.5) is 0 Å². The number of aromatic hydroxyl groups is 1. The van der Waals surface area contributed by atoms with Crippen molar-refractivity contribution in [3.05, 3.63) is 29.3 Å². The maximum atomic E-state index is 8.61. The zero-order valence-corrected chi connectivity index (χ0v) is 18.7. The summed E-state index contributed by atoms with van der Waals surface area (Å²) in [4.78, 5) is 2.30. The minimum Gasteiger partial charge on any atom is -0.508 e. The van der Waals surface area contributed by atoms with Crippen molar-refractivity contribution < 1.29 is 159 Å². The van der Waals surface area contributed by atoms with E-state index in [2.05, 4.69) is 59.6 Å². The first kappa shape index (κ1) is 18.0. The van der Waals surface area contributed by atoms with Crippen LogP contribution in [0.3, 0.4) is 0 Å². The van der Waals surface area contributed by atoms with Crippen molar-refractivity contribution in [1.29, 1.82) is 4.29 Å². The molecule has 1 aromatic carbocycles. The third kappa shape index (κ3) is 3.78. The number of nitrogens with zero attached hydrogens (tertiary/aromatic N) is 1. The zero-order chi connectivity index (χ0) is 22.9. The van der Waals surface area contributed by atoms with Crippen LogP contribution in [0.2, 0.25) is 0 Å². The van der Waals surface area contributed by atoms with Gasteiger partial charge in [0, 0.05) is 161 Å². The van der Waals surface area contributed by atoms with Gasteiger partial charge in [0.1, 0.15) is 5.75 Å². The van der Waals surface area contributed by atoms with Crippen LogP contribution < -0.4 is 0 Å². The molecular formula is C24H250NO2+.